The molecule has 6 nitrogen and oxygen atoms in total. The molecule has 0 amide bonds. The first kappa shape index (κ1) is 13.5. The molecule has 2 N–H and O–H groups in total. The van der Waals surface area contributed by atoms with Crippen molar-refractivity contribution in [3.63, 3.8) is 0 Å². The van der Waals surface area contributed by atoms with E-state index in [0.29, 0.717) is 5.52 Å². The second kappa shape index (κ2) is 4.98. The molecule has 0 fully saturated rings. The van der Waals surface area contributed by atoms with Crippen molar-refractivity contribution in [1.29, 1.82) is 0 Å². The van der Waals surface area contributed by atoms with Crippen molar-refractivity contribution < 1.29 is 26.9 Å². The number of benzene rings is 1. The van der Waals surface area contributed by atoms with E-state index in [4.69, 9.17) is 0 Å². The maximum atomic E-state index is 13.2. The van der Waals surface area contributed by atoms with E-state index in [2.05, 4.69) is 9.72 Å². The van der Waals surface area contributed by atoms with Crippen molar-refractivity contribution >= 4 is 27.5 Å². The number of carbonyl (C=O) groups is 1. The van der Waals surface area contributed by atoms with E-state index in [1.165, 1.54) is 6.07 Å². The quantitative estimate of drug-likeness (QED) is 0.490. The predicted octanol–water partition coefficient (Wildman–Crippen LogP) is 1.27. The predicted molar refractivity (Wildman–Crippen MR) is 63.8 cm³/mol. The monoisotopic (exact) mass is 287 g/mol. The molecule has 0 aliphatic carbocycles. The van der Waals surface area contributed by atoms with Gasteiger partial charge in [-0.05, 0) is 18.2 Å². The van der Waals surface area contributed by atoms with Gasteiger partial charge in [0.05, 0.1) is 6.61 Å². The molecule has 0 aliphatic heterocycles. The van der Waals surface area contributed by atoms with Crippen LogP contribution in [0.3, 0.4) is 0 Å². The summed E-state index contributed by atoms with van der Waals surface area (Å²) in [6, 6.07) is 3.54. The van der Waals surface area contributed by atoms with E-state index in [1.807, 2.05) is 0 Å². The van der Waals surface area contributed by atoms with Crippen molar-refractivity contribution in [2.75, 3.05) is 6.61 Å². The number of H-pyrrole nitrogens is 1. The first-order chi connectivity index (χ1) is 8.93. The van der Waals surface area contributed by atoms with Gasteiger partial charge in [0.1, 0.15) is 10.7 Å². The summed E-state index contributed by atoms with van der Waals surface area (Å²) >= 11 is 0. The number of nitrogens with one attached hydrogen (secondary N) is 1. The van der Waals surface area contributed by atoms with Gasteiger partial charge in [-0.2, -0.15) is 8.42 Å². The van der Waals surface area contributed by atoms with Gasteiger partial charge in [-0.15, -0.1) is 0 Å². The Morgan fingerprint density at radius 2 is 2.16 bits per heavy atom. The Morgan fingerprint density at radius 1 is 1.42 bits per heavy atom. The van der Waals surface area contributed by atoms with E-state index >= 15 is 0 Å². The molecule has 0 aliphatic rings. The van der Waals surface area contributed by atoms with Gasteiger partial charge in [-0.1, -0.05) is 0 Å². The van der Waals surface area contributed by atoms with Crippen LogP contribution in [0.25, 0.3) is 10.9 Å². The standard InChI is InChI=1S/C11H10FNO5S/c12-7-1-2-9-8(5-7)11(19(15,16)17)10(13-9)3-4-18-6-14/h1-2,5-6,13H,3-4H2,(H,15,16,17). The molecule has 0 radical (unpaired) electrons. The minimum Gasteiger partial charge on any atom is -0.467 e. The van der Waals surface area contributed by atoms with Crippen molar-refractivity contribution in [2.45, 2.75) is 11.3 Å². The molecule has 0 saturated carbocycles. The highest BCUT2D eigenvalue weighted by atomic mass is 32.2. The fourth-order valence-electron chi connectivity index (χ4n) is 1.87. The summed E-state index contributed by atoms with van der Waals surface area (Å²) in [5.41, 5.74) is 0.528. The molecule has 19 heavy (non-hydrogen) atoms. The second-order valence-electron chi connectivity index (χ2n) is 3.81. The zero-order chi connectivity index (χ0) is 14.0. The Kier molecular flexibility index (Phi) is 3.54. The molecule has 0 atom stereocenters. The zero-order valence-corrected chi connectivity index (χ0v) is 10.4. The molecule has 2 aromatic rings. The lowest BCUT2D eigenvalue weighted by atomic mass is 10.2. The summed E-state index contributed by atoms with van der Waals surface area (Å²) in [5, 5.41) is 0.0589. The molecule has 8 heteroatoms. The number of carbonyl (C=O) groups excluding carboxylic acids is 1. The van der Waals surface area contributed by atoms with E-state index in [0.717, 1.165) is 12.1 Å². The van der Waals surface area contributed by atoms with Crippen LogP contribution in [0, 0.1) is 5.82 Å². The number of aromatic amines is 1. The summed E-state index contributed by atoms with van der Waals surface area (Å²) in [5.74, 6) is -0.618. The molecule has 2 rings (SSSR count). The van der Waals surface area contributed by atoms with Gasteiger partial charge in [-0.25, -0.2) is 4.39 Å². The molecular weight excluding hydrogens is 277 g/mol. The number of hydrogen-bond acceptors (Lipinski definition) is 4. The number of rotatable bonds is 5. The number of hydrogen-bond donors (Lipinski definition) is 2. The lowest BCUT2D eigenvalue weighted by Gasteiger charge is -2.01. The van der Waals surface area contributed by atoms with Gasteiger partial charge < -0.3 is 9.72 Å². The fourth-order valence-corrected chi connectivity index (χ4v) is 2.79. The summed E-state index contributed by atoms with van der Waals surface area (Å²) < 4.78 is 49.6. The smallest absolute Gasteiger partial charge is 0.296 e. The highest BCUT2D eigenvalue weighted by Crippen LogP contribution is 2.27. The Hall–Kier alpha value is -1.93. The van der Waals surface area contributed by atoms with Crippen LogP contribution in [0.4, 0.5) is 4.39 Å². The van der Waals surface area contributed by atoms with Gasteiger partial charge in [0.25, 0.3) is 16.6 Å². The van der Waals surface area contributed by atoms with Crippen LogP contribution in [0.2, 0.25) is 0 Å². The molecule has 0 saturated heterocycles. The fraction of sp³-hybridized carbons (Fsp3) is 0.182. The molecule has 1 aromatic heterocycles. The first-order valence-corrected chi connectivity index (χ1v) is 6.70. The Labute approximate surface area is 107 Å². The molecular formula is C11H10FNO5S. The average Bonchev–Trinajstić information content (AvgIpc) is 2.66. The van der Waals surface area contributed by atoms with E-state index in [-0.39, 0.29) is 30.6 Å². The third-order valence-electron chi connectivity index (χ3n) is 2.58. The molecule has 0 spiro atoms. The Balaban J connectivity index is 2.59. The maximum Gasteiger partial charge on any atom is 0.296 e. The molecule has 1 heterocycles. The topological polar surface area (TPSA) is 96.5 Å². The Bertz CT molecular complexity index is 722. The molecule has 1 aromatic carbocycles. The van der Waals surface area contributed by atoms with Crippen molar-refractivity contribution in [1.82, 2.24) is 4.98 Å². The Morgan fingerprint density at radius 3 is 2.79 bits per heavy atom. The van der Waals surface area contributed by atoms with Crippen molar-refractivity contribution in [3.8, 4) is 0 Å². The van der Waals surface area contributed by atoms with Gasteiger partial charge in [0.2, 0.25) is 0 Å². The first-order valence-electron chi connectivity index (χ1n) is 5.26. The van der Waals surface area contributed by atoms with Crippen LogP contribution < -0.4 is 0 Å². The van der Waals surface area contributed by atoms with Crippen LogP contribution >= 0.6 is 0 Å². The van der Waals surface area contributed by atoms with Crippen LogP contribution in [0.1, 0.15) is 5.69 Å². The summed E-state index contributed by atoms with van der Waals surface area (Å²) in [6.45, 7) is 0.177. The summed E-state index contributed by atoms with van der Waals surface area (Å²) in [6.07, 6.45) is 0.0597. The van der Waals surface area contributed by atoms with Crippen LogP contribution in [-0.2, 0) is 26.1 Å². The zero-order valence-electron chi connectivity index (χ0n) is 9.59. The van der Waals surface area contributed by atoms with Gasteiger partial charge in [0.15, 0.2) is 0 Å². The number of ether oxygens (including phenoxy) is 1. The lowest BCUT2D eigenvalue weighted by Crippen LogP contribution is -2.05. The lowest BCUT2D eigenvalue weighted by molar-refractivity contribution is -0.128. The van der Waals surface area contributed by atoms with Crippen molar-refractivity contribution in [2.24, 2.45) is 0 Å². The van der Waals surface area contributed by atoms with E-state index in [9.17, 15) is 22.2 Å². The van der Waals surface area contributed by atoms with Crippen LogP contribution in [0.5, 0.6) is 0 Å². The van der Waals surface area contributed by atoms with Crippen LogP contribution in [-0.4, -0.2) is 31.0 Å². The van der Waals surface area contributed by atoms with Gasteiger partial charge in [0, 0.05) is 23.0 Å². The molecule has 0 unspecified atom stereocenters. The van der Waals surface area contributed by atoms with E-state index < -0.39 is 20.8 Å². The third-order valence-corrected chi connectivity index (χ3v) is 3.56. The third kappa shape index (κ3) is 2.74. The molecule has 0 bridgehead atoms. The number of halogens is 1. The largest absolute Gasteiger partial charge is 0.467 e. The van der Waals surface area contributed by atoms with Gasteiger partial charge >= 0.3 is 0 Å². The van der Waals surface area contributed by atoms with Crippen LogP contribution in [0.15, 0.2) is 23.1 Å². The highest BCUT2D eigenvalue weighted by Gasteiger charge is 2.22. The SMILES string of the molecule is O=COCCc1[nH]c2ccc(F)cc2c1S(=O)(=O)O. The second-order valence-corrected chi connectivity index (χ2v) is 5.17. The number of aromatic nitrogens is 1. The maximum absolute atomic E-state index is 13.2. The normalized spacial score (nSPS) is 11.7. The number of fused-ring (bicyclic) bond motifs is 1. The van der Waals surface area contributed by atoms with Crippen molar-refractivity contribution in [3.05, 3.63) is 29.7 Å². The molecule has 102 valence electrons. The summed E-state index contributed by atoms with van der Waals surface area (Å²) in [7, 11) is -4.51. The minimum absolute atomic E-state index is 0.0542. The summed E-state index contributed by atoms with van der Waals surface area (Å²) in [4.78, 5) is 12.4. The minimum atomic E-state index is -4.51. The highest BCUT2D eigenvalue weighted by molar-refractivity contribution is 7.86. The average molecular weight is 287 g/mol. The van der Waals surface area contributed by atoms with Gasteiger partial charge in [-0.3, -0.25) is 9.35 Å². The van der Waals surface area contributed by atoms with E-state index in [1.54, 1.807) is 0 Å².